The normalized spacial score (nSPS) is 11.7. The van der Waals surface area contributed by atoms with Gasteiger partial charge in [-0.15, -0.1) is 0 Å². The highest BCUT2D eigenvalue weighted by Crippen LogP contribution is 2.34. The summed E-state index contributed by atoms with van der Waals surface area (Å²) < 4.78 is 29.3. The van der Waals surface area contributed by atoms with Gasteiger partial charge in [0.05, 0.1) is 5.69 Å². The van der Waals surface area contributed by atoms with E-state index in [9.17, 15) is 18.5 Å². The van der Waals surface area contributed by atoms with Crippen LogP contribution in [0.3, 0.4) is 0 Å². The number of sulfonamides is 1. The van der Waals surface area contributed by atoms with Gasteiger partial charge in [-0.05, 0) is 23.8 Å². The summed E-state index contributed by atoms with van der Waals surface area (Å²) in [4.78, 5) is 13.9. The summed E-state index contributed by atoms with van der Waals surface area (Å²) in [6.45, 7) is 3.03. The van der Waals surface area contributed by atoms with Gasteiger partial charge in [0.2, 0.25) is 12.1 Å². The third kappa shape index (κ3) is 2.65. The molecule has 0 aliphatic rings. The number of rotatable bonds is 5. The molecule has 2 heterocycles. The van der Waals surface area contributed by atoms with Gasteiger partial charge in [0.1, 0.15) is 10.0 Å². The third-order valence-corrected chi connectivity index (χ3v) is 5.79. The van der Waals surface area contributed by atoms with Crippen molar-refractivity contribution < 1.29 is 13.3 Å². The fourth-order valence-electron chi connectivity index (χ4n) is 2.28. The first-order chi connectivity index (χ1) is 10.6. The molecule has 0 fully saturated rings. The SMILES string of the molecule is CCN(c1c([N+](=O)[O-])ncn1C)S(=O)(=O)c1c(C)nn(C)c1Cl. The zero-order chi connectivity index (χ0) is 17.5. The van der Waals surface area contributed by atoms with Crippen LogP contribution < -0.4 is 4.31 Å². The van der Waals surface area contributed by atoms with Gasteiger partial charge in [0, 0.05) is 20.6 Å². The monoisotopic (exact) mass is 362 g/mol. The molecule has 0 spiro atoms. The van der Waals surface area contributed by atoms with E-state index in [0.29, 0.717) is 0 Å². The van der Waals surface area contributed by atoms with Gasteiger partial charge in [0.25, 0.3) is 10.0 Å². The van der Waals surface area contributed by atoms with Crippen molar-refractivity contribution in [3.05, 3.63) is 27.3 Å². The minimum absolute atomic E-state index is 0.0344. The molecule has 0 bridgehead atoms. The third-order valence-electron chi connectivity index (χ3n) is 3.23. The van der Waals surface area contributed by atoms with Gasteiger partial charge in [0.15, 0.2) is 0 Å². The summed E-state index contributed by atoms with van der Waals surface area (Å²) in [6, 6.07) is 0. The van der Waals surface area contributed by atoms with E-state index in [1.807, 2.05) is 0 Å². The molecule has 12 heteroatoms. The van der Waals surface area contributed by atoms with Crippen LogP contribution in [-0.2, 0) is 24.1 Å². The Hall–Kier alpha value is -2.14. The van der Waals surface area contributed by atoms with Crippen LogP contribution in [-0.4, -0.2) is 39.2 Å². The summed E-state index contributed by atoms with van der Waals surface area (Å²) in [6.07, 6.45) is 1.18. The van der Waals surface area contributed by atoms with E-state index in [-0.39, 0.29) is 28.1 Å². The van der Waals surface area contributed by atoms with Crippen molar-refractivity contribution in [1.29, 1.82) is 0 Å². The first-order valence-electron chi connectivity index (χ1n) is 6.50. The van der Waals surface area contributed by atoms with Crippen LogP contribution in [0.5, 0.6) is 0 Å². The number of hydrogen-bond donors (Lipinski definition) is 0. The number of halogens is 1. The molecule has 2 aromatic heterocycles. The second-order valence-corrected chi connectivity index (χ2v) is 6.92. The number of nitrogens with zero attached hydrogens (tertiary/aromatic N) is 6. The number of aryl methyl sites for hydroxylation is 3. The molecule has 0 aromatic carbocycles. The average Bonchev–Trinajstić information content (AvgIpc) is 2.92. The minimum Gasteiger partial charge on any atom is -0.358 e. The number of imidazole rings is 1. The molecule has 0 atom stereocenters. The van der Waals surface area contributed by atoms with E-state index < -0.39 is 20.8 Å². The number of anilines is 1. The quantitative estimate of drug-likeness (QED) is 0.583. The lowest BCUT2D eigenvalue weighted by Gasteiger charge is -2.21. The topological polar surface area (TPSA) is 116 Å². The van der Waals surface area contributed by atoms with E-state index in [0.717, 1.165) is 4.31 Å². The van der Waals surface area contributed by atoms with E-state index >= 15 is 0 Å². The fourth-order valence-corrected chi connectivity index (χ4v) is 4.50. The van der Waals surface area contributed by atoms with Crippen LogP contribution in [0.15, 0.2) is 11.2 Å². The molecular formula is C11H15ClN6O4S. The smallest absolute Gasteiger partial charge is 0.358 e. The highest BCUT2D eigenvalue weighted by atomic mass is 35.5. The zero-order valence-corrected chi connectivity index (χ0v) is 14.5. The van der Waals surface area contributed by atoms with E-state index in [1.54, 1.807) is 6.92 Å². The van der Waals surface area contributed by atoms with Gasteiger partial charge in [-0.1, -0.05) is 11.6 Å². The maximum absolute atomic E-state index is 13.0. The predicted molar refractivity (Wildman–Crippen MR) is 83.0 cm³/mol. The van der Waals surface area contributed by atoms with Crippen molar-refractivity contribution in [3.8, 4) is 0 Å². The fraction of sp³-hybridized carbons (Fsp3) is 0.455. The summed E-state index contributed by atoms with van der Waals surface area (Å²) in [7, 11) is -1.15. The molecule has 0 unspecified atom stereocenters. The lowest BCUT2D eigenvalue weighted by Crippen LogP contribution is -2.33. The van der Waals surface area contributed by atoms with Gasteiger partial charge in [-0.2, -0.15) is 5.10 Å². The van der Waals surface area contributed by atoms with Crippen LogP contribution in [0.4, 0.5) is 11.6 Å². The Morgan fingerprint density at radius 2 is 2.04 bits per heavy atom. The van der Waals surface area contributed by atoms with Crippen molar-refractivity contribution in [2.24, 2.45) is 14.1 Å². The maximum Gasteiger partial charge on any atom is 0.407 e. The molecule has 0 saturated carbocycles. The molecule has 0 N–H and O–H groups in total. The van der Waals surface area contributed by atoms with Crippen LogP contribution in [0.25, 0.3) is 0 Å². The average molecular weight is 363 g/mol. The zero-order valence-electron chi connectivity index (χ0n) is 12.9. The summed E-state index contributed by atoms with van der Waals surface area (Å²) in [5, 5.41) is 15.0. The largest absolute Gasteiger partial charge is 0.407 e. The van der Waals surface area contributed by atoms with E-state index in [1.165, 1.54) is 36.6 Å². The molecule has 23 heavy (non-hydrogen) atoms. The van der Waals surface area contributed by atoms with Gasteiger partial charge in [-0.25, -0.2) is 12.7 Å². The molecule has 2 aromatic rings. The Kier molecular flexibility index (Phi) is 4.35. The molecule has 0 aliphatic heterocycles. The Balaban J connectivity index is 2.71. The van der Waals surface area contributed by atoms with E-state index in [4.69, 9.17) is 11.6 Å². The summed E-state index contributed by atoms with van der Waals surface area (Å²) in [5.41, 5.74) is 0.209. The minimum atomic E-state index is -4.14. The Morgan fingerprint density at radius 3 is 2.48 bits per heavy atom. The predicted octanol–water partition coefficient (Wildman–Crippen LogP) is 1.24. The number of nitro groups is 1. The second kappa shape index (κ2) is 5.81. The molecular weight excluding hydrogens is 348 g/mol. The standard InChI is InChI=1S/C11H15ClN6O4S/c1-5-17(11-10(18(19)20)13-6-15(11)3)23(21,22)8-7(2)14-16(4)9(8)12/h6H,5H2,1-4H3. The van der Waals surface area contributed by atoms with Gasteiger partial charge < -0.3 is 10.1 Å². The van der Waals surface area contributed by atoms with Crippen LogP contribution in [0, 0.1) is 17.0 Å². The Labute approximate surface area is 137 Å². The Bertz CT molecular complexity index is 871. The van der Waals surface area contributed by atoms with Crippen LogP contribution >= 0.6 is 11.6 Å². The van der Waals surface area contributed by atoms with Gasteiger partial charge >= 0.3 is 5.82 Å². The molecule has 0 radical (unpaired) electrons. The van der Waals surface area contributed by atoms with Crippen molar-refractivity contribution >= 4 is 33.3 Å². The Morgan fingerprint density at radius 1 is 1.43 bits per heavy atom. The van der Waals surface area contributed by atoms with Crippen molar-refractivity contribution in [2.45, 2.75) is 18.7 Å². The molecule has 0 saturated heterocycles. The second-order valence-electron chi connectivity index (χ2n) is 4.76. The van der Waals surface area contributed by atoms with Crippen LogP contribution in [0.2, 0.25) is 5.15 Å². The highest BCUT2D eigenvalue weighted by molar-refractivity contribution is 7.93. The highest BCUT2D eigenvalue weighted by Gasteiger charge is 2.37. The first-order valence-corrected chi connectivity index (χ1v) is 8.32. The van der Waals surface area contributed by atoms with Crippen molar-refractivity contribution in [1.82, 2.24) is 19.3 Å². The molecule has 10 nitrogen and oxygen atoms in total. The first kappa shape index (κ1) is 17.2. The van der Waals surface area contributed by atoms with Crippen molar-refractivity contribution in [2.75, 3.05) is 10.8 Å². The number of hydrogen-bond acceptors (Lipinski definition) is 6. The van der Waals surface area contributed by atoms with Crippen molar-refractivity contribution in [3.63, 3.8) is 0 Å². The van der Waals surface area contributed by atoms with E-state index in [2.05, 4.69) is 10.1 Å². The summed E-state index contributed by atoms with van der Waals surface area (Å²) >= 11 is 6.04. The number of aromatic nitrogens is 4. The summed E-state index contributed by atoms with van der Waals surface area (Å²) in [5.74, 6) is -0.688. The van der Waals surface area contributed by atoms with Gasteiger partial charge in [-0.3, -0.25) is 9.25 Å². The molecule has 2 rings (SSSR count). The molecule has 0 amide bonds. The maximum atomic E-state index is 13.0. The lowest BCUT2D eigenvalue weighted by atomic mass is 10.5. The molecule has 0 aliphatic carbocycles. The molecule has 126 valence electrons. The van der Waals surface area contributed by atoms with Crippen LogP contribution in [0.1, 0.15) is 12.6 Å². The lowest BCUT2D eigenvalue weighted by molar-refractivity contribution is -0.388.